The number of hydrogen-bond acceptors (Lipinski definition) is 5. The van der Waals surface area contributed by atoms with Crippen LogP contribution in [0.2, 0.25) is 0 Å². The van der Waals surface area contributed by atoms with Crippen LogP contribution in [0.5, 0.6) is 0 Å². The zero-order valence-electron chi connectivity index (χ0n) is 10.5. The van der Waals surface area contributed by atoms with Crippen LogP contribution in [0.4, 0.5) is 0 Å². The molecule has 6 heteroatoms. The monoisotopic (exact) mass is 239 g/mol. The number of hydrogen-bond donors (Lipinski definition) is 0. The van der Waals surface area contributed by atoms with Crippen molar-refractivity contribution in [2.24, 2.45) is 0 Å². The van der Waals surface area contributed by atoms with Gasteiger partial charge >= 0.3 is 0 Å². The van der Waals surface area contributed by atoms with Crippen LogP contribution < -0.4 is 0 Å². The van der Waals surface area contributed by atoms with Crippen molar-refractivity contribution >= 4 is 0 Å². The lowest BCUT2D eigenvalue weighted by atomic mass is 10.2. The summed E-state index contributed by atoms with van der Waals surface area (Å²) in [5.41, 5.74) is 0. The summed E-state index contributed by atoms with van der Waals surface area (Å²) >= 11 is 0. The molecule has 0 radical (unpaired) electrons. The molecule has 1 aromatic heterocycles. The Morgan fingerprint density at radius 2 is 1.94 bits per heavy atom. The maximum atomic E-state index is 5.05. The van der Waals surface area contributed by atoms with Gasteiger partial charge < -0.3 is 4.74 Å². The number of likely N-dealkylation sites (tertiary alicyclic amines) is 1. The fourth-order valence-electron chi connectivity index (χ4n) is 2.18. The Morgan fingerprint density at radius 1 is 1.18 bits per heavy atom. The Labute approximate surface area is 102 Å². The minimum absolute atomic E-state index is 0.651. The van der Waals surface area contributed by atoms with E-state index in [-0.39, 0.29) is 0 Å². The van der Waals surface area contributed by atoms with Crippen LogP contribution in [0.25, 0.3) is 0 Å². The topological polar surface area (TPSA) is 56.1 Å². The Morgan fingerprint density at radius 3 is 2.65 bits per heavy atom. The van der Waals surface area contributed by atoms with Crippen molar-refractivity contribution in [3.05, 3.63) is 5.82 Å². The zero-order valence-corrected chi connectivity index (χ0v) is 10.5. The van der Waals surface area contributed by atoms with Crippen molar-refractivity contribution in [3.63, 3.8) is 0 Å². The van der Waals surface area contributed by atoms with Crippen molar-refractivity contribution in [1.82, 2.24) is 25.1 Å². The fraction of sp³-hybridized carbons (Fsp3) is 0.909. The van der Waals surface area contributed by atoms with E-state index in [0.717, 1.165) is 32.0 Å². The van der Waals surface area contributed by atoms with Gasteiger partial charge in [0.2, 0.25) is 0 Å². The molecule has 2 heterocycles. The first-order chi connectivity index (χ1) is 8.40. The molecule has 0 aromatic carbocycles. The van der Waals surface area contributed by atoms with Crippen LogP contribution in [0, 0.1) is 0 Å². The highest BCUT2D eigenvalue weighted by Crippen LogP contribution is 2.11. The molecule has 0 bridgehead atoms. The third-order valence-electron chi connectivity index (χ3n) is 3.18. The Balaban J connectivity index is 1.90. The van der Waals surface area contributed by atoms with Crippen molar-refractivity contribution in [2.45, 2.75) is 38.8 Å². The molecule has 6 nitrogen and oxygen atoms in total. The lowest BCUT2D eigenvalue weighted by Crippen LogP contribution is -2.26. The number of ether oxygens (including phenoxy) is 1. The highest BCUT2D eigenvalue weighted by Gasteiger charge is 2.13. The van der Waals surface area contributed by atoms with E-state index >= 15 is 0 Å². The second-order valence-electron chi connectivity index (χ2n) is 4.50. The first-order valence-electron chi connectivity index (χ1n) is 6.36. The summed E-state index contributed by atoms with van der Waals surface area (Å²) in [6.07, 6.45) is 5.29. The van der Waals surface area contributed by atoms with Gasteiger partial charge in [0.25, 0.3) is 0 Å². The van der Waals surface area contributed by atoms with Crippen molar-refractivity contribution < 1.29 is 4.74 Å². The van der Waals surface area contributed by atoms with Crippen LogP contribution in [0.3, 0.4) is 0 Å². The first kappa shape index (κ1) is 12.4. The molecular weight excluding hydrogens is 218 g/mol. The average Bonchev–Trinajstić information content (AvgIpc) is 2.61. The maximum Gasteiger partial charge on any atom is 0.165 e. The summed E-state index contributed by atoms with van der Waals surface area (Å²) in [4.78, 5) is 2.45. The van der Waals surface area contributed by atoms with Crippen molar-refractivity contribution in [3.8, 4) is 0 Å². The molecule has 0 spiro atoms. The second-order valence-corrected chi connectivity index (χ2v) is 4.50. The third-order valence-corrected chi connectivity index (χ3v) is 3.18. The van der Waals surface area contributed by atoms with Gasteiger partial charge in [0.1, 0.15) is 0 Å². The summed E-state index contributed by atoms with van der Waals surface area (Å²) in [7, 11) is 1.69. The minimum Gasteiger partial charge on any atom is -0.383 e. The largest absolute Gasteiger partial charge is 0.383 e. The van der Waals surface area contributed by atoms with E-state index < -0.39 is 0 Å². The molecule has 1 aromatic rings. The van der Waals surface area contributed by atoms with E-state index in [4.69, 9.17) is 4.74 Å². The number of rotatable bonds is 5. The number of tetrazole rings is 1. The van der Waals surface area contributed by atoms with Gasteiger partial charge in [-0.1, -0.05) is 12.8 Å². The van der Waals surface area contributed by atoms with Gasteiger partial charge in [-0.2, -0.15) is 0 Å². The SMILES string of the molecule is COCCn1nnnc1CN1CCCCCC1. The number of aromatic nitrogens is 4. The molecule has 0 N–H and O–H groups in total. The van der Waals surface area contributed by atoms with E-state index in [1.807, 2.05) is 4.68 Å². The van der Waals surface area contributed by atoms with Gasteiger partial charge in [-0.05, 0) is 36.4 Å². The van der Waals surface area contributed by atoms with Gasteiger partial charge in [-0.15, -0.1) is 5.10 Å². The normalized spacial score (nSPS) is 18.2. The molecular formula is C11H21N5O. The Kier molecular flexibility index (Phi) is 4.88. The van der Waals surface area contributed by atoms with Gasteiger partial charge in [0, 0.05) is 7.11 Å². The van der Waals surface area contributed by atoms with Crippen LogP contribution in [0.1, 0.15) is 31.5 Å². The Bertz CT molecular complexity index is 319. The van der Waals surface area contributed by atoms with Crippen LogP contribution in [-0.4, -0.2) is 51.9 Å². The molecule has 96 valence electrons. The van der Waals surface area contributed by atoms with E-state index in [1.54, 1.807) is 7.11 Å². The van der Waals surface area contributed by atoms with Crippen LogP contribution in [0.15, 0.2) is 0 Å². The standard InChI is InChI=1S/C11H21N5O/c1-17-9-8-16-11(12-13-14-16)10-15-6-4-2-3-5-7-15/h2-10H2,1H3. The smallest absolute Gasteiger partial charge is 0.165 e. The molecule has 1 saturated heterocycles. The fourth-order valence-corrected chi connectivity index (χ4v) is 2.18. The molecule has 17 heavy (non-hydrogen) atoms. The lowest BCUT2D eigenvalue weighted by Gasteiger charge is -2.18. The summed E-state index contributed by atoms with van der Waals surface area (Å²) < 4.78 is 6.89. The second kappa shape index (κ2) is 6.66. The van der Waals surface area contributed by atoms with E-state index in [9.17, 15) is 0 Å². The van der Waals surface area contributed by atoms with Gasteiger partial charge in [0.05, 0.1) is 19.7 Å². The minimum atomic E-state index is 0.651. The summed E-state index contributed by atoms with van der Waals surface area (Å²) in [6.45, 7) is 4.57. The maximum absolute atomic E-state index is 5.05. The quantitative estimate of drug-likeness (QED) is 0.757. The van der Waals surface area contributed by atoms with Crippen LogP contribution in [-0.2, 0) is 17.8 Å². The van der Waals surface area contributed by atoms with Gasteiger partial charge in [0.15, 0.2) is 5.82 Å². The number of nitrogens with zero attached hydrogens (tertiary/aromatic N) is 5. The van der Waals surface area contributed by atoms with E-state index in [2.05, 4.69) is 20.4 Å². The molecule has 0 amide bonds. The van der Waals surface area contributed by atoms with E-state index in [0.29, 0.717) is 6.61 Å². The van der Waals surface area contributed by atoms with Gasteiger partial charge in [-0.25, -0.2) is 4.68 Å². The molecule has 0 aliphatic carbocycles. The molecule has 0 saturated carbocycles. The molecule has 1 aliphatic heterocycles. The third kappa shape index (κ3) is 3.74. The molecule has 1 fully saturated rings. The average molecular weight is 239 g/mol. The van der Waals surface area contributed by atoms with Crippen molar-refractivity contribution in [1.29, 1.82) is 0 Å². The predicted molar refractivity (Wildman–Crippen MR) is 63.4 cm³/mol. The van der Waals surface area contributed by atoms with E-state index in [1.165, 1.54) is 25.7 Å². The Hall–Kier alpha value is -1.01. The molecule has 0 unspecified atom stereocenters. The first-order valence-corrected chi connectivity index (χ1v) is 6.36. The van der Waals surface area contributed by atoms with Gasteiger partial charge in [-0.3, -0.25) is 4.90 Å². The van der Waals surface area contributed by atoms with Crippen LogP contribution >= 0.6 is 0 Å². The summed E-state index contributed by atoms with van der Waals surface area (Å²) in [5.74, 6) is 0.948. The molecule has 0 atom stereocenters. The molecule has 2 rings (SSSR count). The van der Waals surface area contributed by atoms with Crippen molar-refractivity contribution in [2.75, 3.05) is 26.8 Å². The zero-order chi connectivity index (χ0) is 11.9. The highest BCUT2D eigenvalue weighted by atomic mass is 16.5. The predicted octanol–water partition coefficient (Wildman–Crippen LogP) is 0.695. The number of methoxy groups -OCH3 is 1. The summed E-state index contributed by atoms with van der Waals surface area (Å²) in [6, 6.07) is 0. The molecule has 1 aliphatic rings. The lowest BCUT2D eigenvalue weighted by molar-refractivity contribution is 0.179. The summed E-state index contributed by atoms with van der Waals surface area (Å²) in [5, 5.41) is 11.8. The highest BCUT2D eigenvalue weighted by molar-refractivity contribution is 4.81.